The molecule has 0 aliphatic rings. The van der Waals surface area contributed by atoms with Gasteiger partial charge in [0.1, 0.15) is 0 Å². The first-order chi connectivity index (χ1) is 12.3. The van der Waals surface area contributed by atoms with Crippen molar-refractivity contribution in [3.8, 4) is 16.5 Å². The molecule has 5 nitrogen and oxygen atoms in total. The van der Waals surface area contributed by atoms with Crippen LogP contribution in [0, 0.1) is 0 Å². The Kier molecular flexibility index (Phi) is 3.05. The first-order valence-corrected chi connectivity index (χ1v) is 8.67. The van der Waals surface area contributed by atoms with Gasteiger partial charge in [0.25, 0.3) is 0 Å². The molecule has 0 spiro atoms. The average Bonchev–Trinajstić information content (AvgIpc) is 3.24. The summed E-state index contributed by atoms with van der Waals surface area (Å²) in [7, 11) is 0. The summed E-state index contributed by atoms with van der Waals surface area (Å²) >= 11 is 1.54. The van der Waals surface area contributed by atoms with Crippen LogP contribution < -0.4 is 5.73 Å². The molecular weight excluding hydrogens is 330 g/mol. The predicted octanol–water partition coefficient (Wildman–Crippen LogP) is 4.28. The zero-order valence-electron chi connectivity index (χ0n) is 13.1. The SMILES string of the molecule is Nc1nc(-c2ccc3ccccc3c2)nn1-c1nc2ccccc2s1. The van der Waals surface area contributed by atoms with E-state index in [0.29, 0.717) is 11.8 Å². The number of thiazole rings is 1. The Bertz CT molecular complexity index is 1190. The second-order valence-corrected chi connectivity index (χ2v) is 6.74. The van der Waals surface area contributed by atoms with Gasteiger partial charge in [-0.05, 0) is 29.0 Å². The highest BCUT2D eigenvalue weighted by atomic mass is 32.1. The summed E-state index contributed by atoms with van der Waals surface area (Å²) in [5.74, 6) is 0.935. The lowest BCUT2D eigenvalue weighted by Gasteiger charge is -1.99. The molecule has 6 heteroatoms. The van der Waals surface area contributed by atoms with Crippen molar-refractivity contribution in [3.63, 3.8) is 0 Å². The van der Waals surface area contributed by atoms with Crippen molar-refractivity contribution in [2.75, 3.05) is 5.73 Å². The Hall–Kier alpha value is -3.25. The fraction of sp³-hybridized carbons (Fsp3) is 0. The number of nitrogen functional groups attached to an aromatic ring is 1. The van der Waals surface area contributed by atoms with E-state index in [-0.39, 0.29) is 0 Å². The molecule has 0 saturated carbocycles. The molecule has 0 unspecified atom stereocenters. The highest BCUT2D eigenvalue weighted by molar-refractivity contribution is 7.20. The van der Waals surface area contributed by atoms with Crippen LogP contribution in [0.5, 0.6) is 0 Å². The molecular formula is C19H13N5S. The van der Waals surface area contributed by atoms with Gasteiger partial charge in [-0.15, -0.1) is 5.10 Å². The van der Waals surface area contributed by atoms with Crippen molar-refractivity contribution in [3.05, 3.63) is 66.7 Å². The lowest BCUT2D eigenvalue weighted by molar-refractivity contribution is 0.886. The fourth-order valence-corrected chi connectivity index (χ4v) is 3.79. The summed E-state index contributed by atoms with van der Waals surface area (Å²) in [6.45, 7) is 0. The van der Waals surface area contributed by atoms with Crippen LogP contribution in [0.2, 0.25) is 0 Å². The second-order valence-electron chi connectivity index (χ2n) is 5.73. The zero-order chi connectivity index (χ0) is 16.8. The minimum absolute atomic E-state index is 0.335. The first-order valence-electron chi connectivity index (χ1n) is 7.85. The first kappa shape index (κ1) is 14.1. The number of para-hydroxylation sites is 1. The molecule has 0 saturated heterocycles. The van der Waals surface area contributed by atoms with Crippen LogP contribution in [0.15, 0.2) is 66.7 Å². The van der Waals surface area contributed by atoms with E-state index in [0.717, 1.165) is 26.3 Å². The highest BCUT2D eigenvalue weighted by Gasteiger charge is 2.14. The van der Waals surface area contributed by atoms with Crippen LogP contribution in [0.4, 0.5) is 5.95 Å². The lowest BCUT2D eigenvalue weighted by atomic mass is 10.1. The molecule has 120 valence electrons. The van der Waals surface area contributed by atoms with E-state index in [1.165, 1.54) is 5.39 Å². The maximum absolute atomic E-state index is 6.10. The predicted molar refractivity (Wildman–Crippen MR) is 102 cm³/mol. The number of nitrogens with zero attached hydrogens (tertiary/aromatic N) is 4. The van der Waals surface area contributed by atoms with E-state index in [1.807, 2.05) is 42.5 Å². The van der Waals surface area contributed by atoms with E-state index >= 15 is 0 Å². The summed E-state index contributed by atoms with van der Waals surface area (Å²) in [5.41, 5.74) is 7.97. The zero-order valence-corrected chi connectivity index (χ0v) is 13.9. The number of nitrogens with two attached hydrogens (primary N) is 1. The van der Waals surface area contributed by atoms with Crippen LogP contribution in [0.3, 0.4) is 0 Å². The van der Waals surface area contributed by atoms with Gasteiger partial charge in [0.2, 0.25) is 11.1 Å². The van der Waals surface area contributed by atoms with Crippen LogP contribution in [0.25, 0.3) is 37.5 Å². The van der Waals surface area contributed by atoms with Gasteiger partial charge in [0.15, 0.2) is 5.82 Å². The van der Waals surface area contributed by atoms with Gasteiger partial charge >= 0.3 is 0 Å². The van der Waals surface area contributed by atoms with Crippen molar-refractivity contribution in [1.29, 1.82) is 0 Å². The number of fused-ring (bicyclic) bond motifs is 2. The normalized spacial score (nSPS) is 11.4. The van der Waals surface area contributed by atoms with Crippen molar-refractivity contribution >= 4 is 38.3 Å². The molecule has 0 atom stereocenters. The van der Waals surface area contributed by atoms with E-state index in [1.54, 1.807) is 16.0 Å². The second kappa shape index (κ2) is 5.39. The number of hydrogen-bond acceptors (Lipinski definition) is 5. The lowest BCUT2D eigenvalue weighted by Crippen LogP contribution is -2.01. The van der Waals surface area contributed by atoms with Crippen LogP contribution in [0.1, 0.15) is 0 Å². The van der Waals surface area contributed by atoms with Gasteiger partial charge in [0.05, 0.1) is 10.2 Å². The topological polar surface area (TPSA) is 69.6 Å². The highest BCUT2D eigenvalue weighted by Crippen LogP contribution is 2.28. The van der Waals surface area contributed by atoms with Gasteiger partial charge in [-0.1, -0.05) is 59.9 Å². The molecule has 5 aromatic rings. The summed E-state index contributed by atoms with van der Waals surface area (Å²) in [6.07, 6.45) is 0. The van der Waals surface area contributed by atoms with E-state index < -0.39 is 0 Å². The van der Waals surface area contributed by atoms with Gasteiger partial charge in [-0.2, -0.15) is 9.67 Å². The van der Waals surface area contributed by atoms with Gasteiger partial charge < -0.3 is 5.73 Å². The maximum atomic E-state index is 6.10. The number of hydrogen-bond donors (Lipinski definition) is 1. The molecule has 3 aromatic carbocycles. The van der Waals surface area contributed by atoms with Crippen molar-refractivity contribution in [2.24, 2.45) is 0 Å². The van der Waals surface area contributed by atoms with Gasteiger partial charge in [-0.3, -0.25) is 0 Å². The van der Waals surface area contributed by atoms with Crippen LogP contribution >= 0.6 is 11.3 Å². The molecule has 2 aromatic heterocycles. The molecule has 0 radical (unpaired) electrons. The molecule has 2 N–H and O–H groups in total. The minimum atomic E-state index is 0.335. The quantitative estimate of drug-likeness (QED) is 0.519. The standard InChI is InChI=1S/C19H13N5S/c20-18-22-17(14-10-9-12-5-1-2-6-13(12)11-14)23-24(18)19-21-15-7-3-4-8-16(15)25-19/h1-11H,(H2,20,22,23). The molecule has 0 bridgehead atoms. The van der Waals surface area contributed by atoms with Crippen molar-refractivity contribution < 1.29 is 0 Å². The molecule has 0 aliphatic heterocycles. The average molecular weight is 343 g/mol. The Balaban J connectivity index is 1.62. The summed E-state index contributed by atoms with van der Waals surface area (Å²) in [4.78, 5) is 9.03. The minimum Gasteiger partial charge on any atom is -0.368 e. The summed E-state index contributed by atoms with van der Waals surface area (Å²) in [6, 6.07) is 22.3. The number of anilines is 1. The van der Waals surface area contributed by atoms with Gasteiger partial charge in [0, 0.05) is 5.56 Å². The van der Waals surface area contributed by atoms with Crippen LogP contribution in [-0.4, -0.2) is 19.7 Å². The molecule has 5 rings (SSSR count). The Labute approximate surface area is 147 Å². The van der Waals surface area contributed by atoms with E-state index in [2.05, 4.69) is 39.3 Å². The van der Waals surface area contributed by atoms with E-state index in [4.69, 9.17) is 5.73 Å². The molecule has 2 heterocycles. The third-order valence-corrected chi connectivity index (χ3v) is 5.12. The number of rotatable bonds is 2. The summed E-state index contributed by atoms with van der Waals surface area (Å²) in [5, 5.41) is 7.63. The Morgan fingerprint density at radius 3 is 2.52 bits per heavy atom. The largest absolute Gasteiger partial charge is 0.368 e. The molecule has 0 amide bonds. The number of aromatic nitrogens is 4. The van der Waals surface area contributed by atoms with Crippen LogP contribution in [-0.2, 0) is 0 Å². The Morgan fingerprint density at radius 1 is 0.840 bits per heavy atom. The maximum Gasteiger partial charge on any atom is 0.226 e. The molecule has 25 heavy (non-hydrogen) atoms. The molecule has 0 aliphatic carbocycles. The third-order valence-electron chi connectivity index (χ3n) is 4.10. The van der Waals surface area contributed by atoms with Crippen molar-refractivity contribution in [1.82, 2.24) is 19.7 Å². The Morgan fingerprint density at radius 2 is 1.64 bits per heavy atom. The molecule has 0 fully saturated rings. The van der Waals surface area contributed by atoms with Gasteiger partial charge in [-0.25, -0.2) is 4.98 Å². The monoisotopic (exact) mass is 343 g/mol. The summed E-state index contributed by atoms with van der Waals surface area (Å²) < 4.78 is 2.70. The third kappa shape index (κ3) is 2.35. The fourth-order valence-electron chi connectivity index (χ4n) is 2.87. The van der Waals surface area contributed by atoms with E-state index in [9.17, 15) is 0 Å². The smallest absolute Gasteiger partial charge is 0.226 e. The number of benzene rings is 3. The van der Waals surface area contributed by atoms with Crippen molar-refractivity contribution in [2.45, 2.75) is 0 Å².